The van der Waals surface area contributed by atoms with Gasteiger partial charge in [-0.3, -0.25) is 0 Å². The van der Waals surface area contributed by atoms with Crippen LogP contribution in [0.15, 0.2) is 18.2 Å². The second kappa shape index (κ2) is 5.09. The molecular formula is C14H13F3N4O. The third kappa shape index (κ3) is 2.43. The number of fused-ring (bicyclic) bond motifs is 1. The van der Waals surface area contributed by atoms with Crippen LogP contribution in [0.5, 0.6) is 0 Å². The number of halogens is 3. The fourth-order valence-electron chi connectivity index (χ4n) is 2.90. The number of benzene rings is 1. The number of hydrogen-bond donors (Lipinski definition) is 1. The predicted octanol–water partition coefficient (Wildman–Crippen LogP) is 1.79. The molecule has 2 aliphatic heterocycles. The summed E-state index contributed by atoms with van der Waals surface area (Å²) in [6.45, 7) is 1.91. The molecule has 0 bridgehead atoms. The molecule has 0 aliphatic carbocycles. The Hall–Kier alpha value is -2.43. The summed E-state index contributed by atoms with van der Waals surface area (Å²) >= 11 is 0. The topological polar surface area (TPSA) is 59.4 Å². The van der Waals surface area contributed by atoms with Crippen LogP contribution in [0.3, 0.4) is 0 Å². The normalized spacial score (nSPS) is 21.4. The van der Waals surface area contributed by atoms with Gasteiger partial charge in [-0.25, -0.2) is 4.79 Å². The second-order valence-corrected chi connectivity index (χ2v) is 5.32. The number of rotatable bonds is 1. The van der Waals surface area contributed by atoms with Crippen LogP contribution in [0.1, 0.15) is 11.1 Å². The van der Waals surface area contributed by atoms with Crippen molar-refractivity contribution in [2.75, 3.05) is 31.1 Å². The number of nitriles is 1. The molecule has 1 atom stereocenters. The van der Waals surface area contributed by atoms with Gasteiger partial charge in [-0.05, 0) is 18.2 Å². The van der Waals surface area contributed by atoms with Gasteiger partial charge in [0, 0.05) is 31.9 Å². The van der Waals surface area contributed by atoms with Crippen molar-refractivity contribution in [3.8, 4) is 6.07 Å². The Morgan fingerprint density at radius 2 is 2.09 bits per heavy atom. The van der Waals surface area contributed by atoms with Crippen LogP contribution in [-0.4, -0.2) is 43.2 Å². The average Bonchev–Trinajstić information content (AvgIpc) is 2.86. The number of nitrogens with one attached hydrogen (secondary N) is 1. The van der Waals surface area contributed by atoms with E-state index < -0.39 is 11.7 Å². The van der Waals surface area contributed by atoms with Gasteiger partial charge in [0.05, 0.1) is 23.2 Å². The monoisotopic (exact) mass is 310 g/mol. The molecule has 0 aromatic heterocycles. The van der Waals surface area contributed by atoms with Gasteiger partial charge >= 0.3 is 12.2 Å². The lowest BCUT2D eigenvalue weighted by Gasteiger charge is -2.38. The Labute approximate surface area is 124 Å². The first-order valence-electron chi connectivity index (χ1n) is 6.81. The van der Waals surface area contributed by atoms with Crippen molar-refractivity contribution in [1.29, 1.82) is 5.26 Å². The Balaban J connectivity index is 1.87. The van der Waals surface area contributed by atoms with Crippen LogP contribution >= 0.6 is 0 Å². The zero-order valence-corrected chi connectivity index (χ0v) is 11.5. The molecule has 2 amide bonds. The van der Waals surface area contributed by atoms with Crippen molar-refractivity contribution in [2.45, 2.75) is 12.2 Å². The summed E-state index contributed by atoms with van der Waals surface area (Å²) in [6, 6.07) is 5.14. The van der Waals surface area contributed by atoms with Gasteiger partial charge in [-0.2, -0.15) is 18.4 Å². The molecule has 2 fully saturated rings. The van der Waals surface area contributed by atoms with E-state index in [0.29, 0.717) is 31.9 Å². The van der Waals surface area contributed by atoms with Gasteiger partial charge < -0.3 is 15.1 Å². The van der Waals surface area contributed by atoms with Crippen molar-refractivity contribution >= 4 is 11.7 Å². The van der Waals surface area contributed by atoms with E-state index in [0.717, 1.165) is 6.07 Å². The minimum Gasteiger partial charge on any atom is -0.368 e. The number of amides is 2. The summed E-state index contributed by atoms with van der Waals surface area (Å²) in [7, 11) is 0. The van der Waals surface area contributed by atoms with Crippen molar-refractivity contribution in [3.05, 3.63) is 29.3 Å². The van der Waals surface area contributed by atoms with Crippen LogP contribution < -0.4 is 10.2 Å². The van der Waals surface area contributed by atoms with E-state index in [1.807, 2.05) is 4.90 Å². The number of alkyl halides is 3. The first-order chi connectivity index (χ1) is 10.4. The number of carbonyl (C=O) groups is 1. The van der Waals surface area contributed by atoms with Gasteiger partial charge in [0.1, 0.15) is 0 Å². The Kier molecular flexibility index (Phi) is 3.35. The second-order valence-electron chi connectivity index (χ2n) is 5.32. The SMILES string of the molecule is N#Cc1ccc(N2CCN3C(=O)NCC3C2)cc1C(F)(F)F. The standard InChI is InChI=1S/C14H13F3N4O/c15-14(16,17)12-5-10(2-1-9(12)6-18)20-3-4-21-11(8-20)7-19-13(21)22/h1-2,5,11H,3-4,7-8H2,(H,19,22). The lowest BCUT2D eigenvalue weighted by molar-refractivity contribution is -0.137. The molecule has 2 heterocycles. The summed E-state index contributed by atoms with van der Waals surface area (Å²) in [5.74, 6) is 0. The third-order valence-corrected chi connectivity index (χ3v) is 4.03. The highest BCUT2D eigenvalue weighted by Gasteiger charge is 2.37. The van der Waals surface area contributed by atoms with Crippen molar-refractivity contribution < 1.29 is 18.0 Å². The Morgan fingerprint density at radius 1 is 1.32 bits per heavy atom. The van der Waals surface area contributed by atoms with Gasteiger partial charge in [0.2, 0.25) is 0 Å². The van der Waals surface area contributed by atoms with E-state index in [9.17, 15) is 18.0 Å². The van der Waals surface area contributed by atoms with Crippen molar-refractivity contribution in [1.82, 2.24) is 10.2 Å². The molecule has 0 radical (unpaired) electrons. The number of hydrogen-bond acceptors (Lipinski definition) is 3. The molecule has 1 N–H and O–H groups in total. The summed E-state index contributed by atoms with van der Waals surface area (Å²) < 4.78 is 39.0. The highest BCUT2D eigenvalue weighted by Crippen LogP contribution is 2.35. The largest absolute Gasteiger partial charge is 0.417 e. The van der Waals surface area contributed by atoms with Crippen LogP contribution in [-0.2, 0) is 6.18 Å². The van der Waals surface area contributed by atoms with Gasteiger partial charge in [-0.1, -0.05) is 0 Å². The first-order valence-corrected chi connectivity index (χ1v) is 6.81. The zero-order valence-electron chi connectivity index (χ0n) is 11.5. The van der Waals surface area contributed by atoms with E-state index in [4.69, 9.17) is 5.26 Å². The van der Waals surface area contributed by atoms with Gasteiger partial charge in [-0.15, -0.1) is 0 Å². The first kappa shape index (κ1) is 14.5. The van der Waals surface area contributed by atoms with Crippen LogP contribution in [0.25, 0.3) is 0 Å². The smallest absolute Gasteiger partial charge is 0.368 e. The van der Waals surface area contributed by atoms with Gasteiger partial charge in [0.15, 0.2) is 0 Å². The number of anilines is 1. The number of piperazine rings is 1. The van der Waals surface area contributed by atoms with Crippen molar-refractivity contribution in [3.63, 3.8) is 0 Å². The molecule has 116 valence electrons. The highest BCUT2D eigenvalue weighted by atomic mass is 19.4. The lowest BCUT2D eigenvalue weighted by atomic mass is 10.1. The lowest BCUT2D eigenvalue weighted by Crippen LogP contribution is -2.52. The molecule has 0 saturated carbocycles. The maximum atomic E-state index is 13.0. The van der Waals surface area contributed by atoms with Gasteiger partial charge in [0.25, 0.3) is 0 Å². The molecule has 2 aliphatic rings. The van der Waals surface area contributed by atoms with E-state index >= 15 is 0 Å². The van der Waals surface area contributed by atoms with Crippen LogP contribution in [0, 0.1) is 11.3 Å². The summed E-state index contributed by atoms with van der Waals surface area (Å²) in [4.78, 5) is 15.0. The molecule has 1 aromatic carbocycles. The molecule has 1 aromatic rings. The minimum absolute atomic E-state index is 0.0359. The average molecular weight is 310 g/mol. The molecule has 5 nitrogen and oxygen atoms in total. The highest BCUT2D eigenvalue weighted by molar-refractivity contribution is 5.77. The maximum Gasteiger partial charge on any atom is 0.417 e. The van der Waals surface area contributed by atoms with E-state index in [1.165, 1.54) is 12.1 Å². The minimum atomic E-state index is -4.56. The molecule has 22 heavy (non-hydrogen) atoms. The fraction of sp³-hybridized carbons (Fsp3) is 0.429. The third-order valence-electron chi connectivity index (χ3n) is 4.03. The quantitative estimate of drug-likeness (QED) is 0.860. The predicted molar refractivity (Wildman–Crippen MR) is 72.3 cm³/mol. The molecule has 0 spiro atoms. The van der Waals surface area contributed by atoms with Crippen LogP contribution in [0.4, 0.5) is 23.7 Å². The van der Waals surface area contributed by atoms with E-state index in [1.54, 1.807) is 11.0 Å². The summed E-state index contributed by atoms with van der Waals surface area (Å²) in [6.07, 6.45) is -4.56. The molecule has 8 heteroatoms. The zero-order chi connectivity index (χ0) is 15.9. The fourth-order valence-corrected chi connectivity index (χ4v) is 2.90. The number of urea groups is 1. The van der Waals surface area contributed by atoms with E-state index in [2.05, 4.69) is 5.32 Å². The maximum absolute atomic E-state index is 13.0. The van der Waals surface area contributed by atoms with Crippen LogP contribution in [0.2, 0.25) is 0 Å². The van der Waals surface area contributed by atoms with Crippen molar-refractivity contribution in [2.24, 2.45) is 0 Å². The summed E-state index contributed by atoms with van der Waals surface area (Å²) in [5, 5.41) is 11.5. The molecule has 2 saturated heterocycles. The molecule has 3 rings (SSSR count). The number of nitrogens with zero attached hydrogens (tertiary/aromatic N) is 3. The molecular weight excluding hydrogens is 297 g/mol. The van der Waals surface area contributed by atoms with E-state index in [-0.39, 0.29) is 17.6 Å². The Bertz CT molecular complexity index is 652. The molecule has 1 unspecified atom stereocenters. The summed E-state index contributed by atoms with van der Waals surface area (Å²) in [5.41, 5.74) is -0.881. The number of carbonyl (C=O) groups excluding carboxylic acids is 1. The Morgan fingerprint density at radius 3 is 2.77 bits per heavy atom.